The zero-order valence-corrected chi connectivity index (χ0v) is 14.4. The number of benzene rings is 1. The third kappa shape index (κ3) is 2.10. The number of methoxy groups -OCH3 is 1. The predicted molar refractivity (Wildman–Crippen MR) is 102 cm³/mol. The molecule has 0 radical (unpaired) electrons. The van der Waals surface area contributed by atoms with E-state index in [1.807, 2.05) is 18.2 Å². The van der Waals surface area contributed by atoms with Crippen LogP contribution >= 0.6 is 0 Å². The van der Waals surface area contributed by atoms with Gasteiger partial charge in [0.1, 0.15) is 5.75 Å². The van der Waals surface area contributed by atoms with E-state index in [1.54, 1.807) is 19.5 Å². The maximum atomic E-state index is 6.56. The summed E-state index contributed by atoms with van der Waals surface area (Å²) in [5.74, 6) is 0.729. The minimum Gasteiger partial charge on any atom is -0.494 e. The van der Waals surface area contributed by atoms with Crippen molar-refractivity contribution < 1.29 is 4.74 Å². The topological polar surface area (TPSA) is 64.3 Å². The van der Waals surface area contributed by atoms with Crippen molar-refractivity contribution >= 4 is 16.6 Å². The Morgan fingerprint density at radius 1 is 1.15 bits per heavy atom. The molecule has 3 heterocycles. The van der Waals surface area contributed by atoms with Crippen LogP contribution in [-0.4, -0.2) is 22.0 Å². The fourth-order valence-corrected chi connectivity index (χ4v) is 3.69. The van der Waals surface area contributed by atoms with Crippen LogP contribution in [0, 0.1) is 0 Å². The van der Waals surface area contributed by atoms with E-state index in [0.29, 0.717) is 0 Å². The molecule has 2 aromatic heterocycles. The van der Waals surface area contributed by atoms with Crippen molar-refractivity contribution in [3.8, 4) is 16.9 Å². The molecule has 26 heavy (non-hydrogen) atoms. The molecule has 0 spiro atoms. The van der Waals surface area contributed by atoms with Gasteiger partial charge in [0.2, 0.25) is 0 Å². The average Bonchev–Trinajstić information content (AvgIpc) is 3.03. The maximum absolute atomic E-state index is 6.56. The van der Waals surface area contributed by atoms with Crippen LogP contribution in [0.5, 0.6) is 5.75 Å². The van der Waals surface area contributed by atoms with Crippen LogP contribution in [0.15, 0.2) is 60.6 Å². The van der Waals surface area contributed by atoms with Gasteiger partial charge in [-0.25, -0.2) is 4.98 Å². The number of fused-ring (bicyclic) bond motifs is 2. The zero-order valence-electron chi connectivity index (χ0n) is 14.4. The van der Waals surface area contributed by atoms with Crippen LogP contribution in [0.2, 0.25) is 0 Å². The summed E-state index contributed by atoms with van der Waals surface area (Å²) in [6.45, 7) is 1.59. The minimum atomic E-state index is 0.729. The standard InChI is InChI=1S/C21H18N4O/c1-26-19-10-23-9-8-14(19)15-6-3-7-16-20(22)17-11-25(13-4-2-5-13)12-18(17)24-21(15)16/h2-10H,11-12H2,1H3,(H2,22,24). The largest absolute Gasteiger partial charge is 0.494 e. The fourth-order valence-electron chi connectivity index (χ4n) is 3.69. The molecule has 2 N–H and O–H groups in total. The van der Waals surface area contributed by atoms with Gasteiger partial charge in [-0.1, -0.05) is 24.3 Å². The Morgan fingerprint density at radius 2 is 2.04 bits per heavy atom. The van der Waals surface area contributed by atoms with E-state index in [4.69, 9.17) is 15.5 Å². The first-order chi connectivity index (χ1) is 12.8. The van der Waals surface area contributed by atoms with Crippen molar-refractivity contribution in [2.45, 2.75) is 13.1 Å². The Labute approximate surface area is 151 Å². The normalized spacial score (nSPS) is 15.0. The molecule has 0 saturated heterocycles. The van der Waals surface area contributed by atoms with E-state index in [-0.39, 0.29) is 0 Å². The quantitative estimate of drug-likeness (QED) is 0.787. The molecule has 5 heteroatoms. The highest BCUT2D eigenvalue weighted by atomic mass is 16.5. The number of nitrogen functional groups attached to an aromatic ring is 1. The van der Waals surface area contributed by atoms with Crippen LogP contribution in [0.1, 0.15) is 11.3 Å². The second kappa shape index (κ2) is 5.59. The van der Waals surface area contributed by atoms with Crippen LogP contribution in [0.25, 0.3) is 22.0 Å². The summed E-state index contributed by atoms with van der Waals surface area (Å²) in [5.41, 5.74) is 13.7. The van der Waals surface area contributed by atoms with Crippen LogP contribution in [0.3, 0.4) is 0 Å². The van der Waals surface area contributed by atoms with Crippen molar-refractivity contribution in [3.63, 3.8) is 0 Å². The molecule has 0 unspecified atom stereocenters. The van der Waals surface area contributed by atoms with E-state index in [1.165, 1.54) is 5.70 Å². The second-order valence-corrected chi connectivity index (χ2v) is 6.54. The lowest BCUT2D eigenvalue weighted by molar-refractivity contribution is 0.370. The molecule has 1 aromatic carbocycles. The summed E-state index contributed by atoms with van der Waals surface area (Å²) >= 11 is 0. The monoisotopic (exact) mass is 342 g/mol. The SMILES string of the molecule is COc1cnccc1-c1cccc2c(N)c3c(nc12)CN(C1=CC=C1)C3. The van der Waals surface area contributed by atoms with Crippen molar-refractivity contribution in [1.29, 1.82) is 0 Å². The van der Waals surface area contributed by atoms with Gasteiger partial charge in [-0.3, -0.25) is 4.98 Å². The Balaban J connectivity index is 1.70. The molecular formula is C21H18N4O. The van der Waals surface area contributed by atoms with Gasteiger partial charge in [-0.05, 0) is 18.2 Å². The molecular weight excluding hydrogens is 324 g/mol. The van der Waals surface area contributed by atoms with E-state index >= 15 is 0 Å². The molecule has 0 saturated carbocycles. The molecule has 5 rings (SSSR count). The number of pyridine rings is 2. The maximum Gasteiger partial charge on any atom is 0.145 e. The van der Waals surface area contributed by atoms with Crippen LogP contribution < -0.4 is 10.5 Å². The van der Waals surface area contributed by atoms with Crippen LogP contribution in [-0.2, 0) is 13.1 Å². The predicted octanol–water partition coefficient (Wildman–Crippen LogP) is 3.66. The number of rotatable bonds is 3. The van der Waals surface area contributed by atoms with Gasteiger partial charge in [0, 0.05) is 46.2 Å². The van der Waals surface area contributed by atoms with Gasteiger partial charge in [0.05, 0.1) is 31.1 Å². The van der Waals surface area contributed by atoms with Crippen molar-refractivity contribution in [2.75, 3.05) is 12.8 Å². The van der Waals surface area contributed by atoms with Crippen molar-refractivity contribution in [2.24, 2.45) is 0 Å². The molecule has 1 aliphatic heterocycles. The summed E-state index contributed by atoms with van der Waals surface area (Å²) in [7, 11) is 1.66. The Bertz CT molecular complexity index is 1100. The average molecular weight is 342 g/mol. The molecule has 0 atom stereocenters. The smallest absolute Gasteiger partial charge is 0.145 e. The van der Waals surface area contributed by atoms with Crippen molar-refractivity contribution in [3.05, 3.63) is 71.8 Å². The fraction of sp³-hybridized carbons (Fsp3) is 0.143. The first kappa shape index (κ1) is 15.0. The lowest BCUT2D eigenvalue weighted by atomic mass is 9.99. The highest BCUT2D eigenvalue weighted by molar-refractivity contribution is 6.01. The summed E-state index contributed by atoms with van der Waals surface area (Å²) in [6, 6.07) is 8.07. The number of hydrogen-bond donors (Lipinski definition) is 1. The molecule has 0 amide bonds. The van der Waals surface area contributed by atoms with Crippen LogP contribution in [0.4, 0.5) is 5.69 Å². The number of nitrogens with zero attached hydrogens (tertiary/aromatic N) is 3. The number of para-hydroxylation sites is 1. The zero-order chi connectivity index (χ0) is 17.7. The summed E-state index contributed by atoms with van der Waals surface area (Å²) in [6.07, 6.45) is 9.79. The Morgan fingerprint density at radius 3 is 2.81 bits per heavy atom. The number of anilines is 1. The minimum absolute atomic E-state index is 0.729. The number of allylic oxidation sites excluding steroid dienone is 3. The van der Waals surface area contributed by atoms with Gasteiger partial charge < -0.3 is 15.4 Å². The highest BCUT2D eigenvalue weighted by Gasteiger charge is 2.26. The molecule has 5 nitrogen and oxygen atoms in total. The third-order valence-electron chi connectivity index (χ3n) is 5.13. The van der Waals surface area contributed by atoms with Gasteiger partial charge >= 0.3 is 0 Å². The highest BCUT2D eigenvalue weighted by Crippen LogP contribution is 2.39. The molecule has 2 aliphatic rings. The first-order valence-corrected chi connectivity index (χ1v) is 8.58. The van der Waals surface area contributed by atoms with Gasteiger partial charge in [0.25, 0.3) is 0 Å². The van der Waals surface area contributed by atoms with E-state index in [0.717, 1.165) is 57.8 Å². The summed E-state index contributed by atoms with van der Waals surface area (Å²) < 4.78 is 5.50. The van der Waals surface area contributed by atoms with E-state index < -0.39 is 0 Å². The van der Waals surface area contributed by atoms with Crippen molar-refractivity contribution in [1.82, 2.24) is 14.9 Å². The first-order valence-electron chi connectivity index (χ1n) is 8.58. The van der Waals surface area contributed by atoms with Gasteiger partial charge in [-0.15, -0.1) is 0 Å². The Hall–Kier alpha value is -3.34. The second-order valence-electron chi connectivity index (χ2n) is 6.54. The summed E-state index contributed by atoms with van der Waals surface area (Å²) in [5, 5.41) is 0.986. The molecule has 0 fully saturated rings. The Kier molecular flexibility index (Phi) is 3.22. The lowest BCUT2D eigenvalue weighted by Crippen LogP contribution is -2.16. The van der Waals surface area contributed by atoms with E-state index in [2.05, 4.69) is 34.2 Å². The summed E-state index contributed by atoms with van der Waals surface area (Å²) in [4.78, 5) is 11.5. The number of aromatic nitrogens is 2. The molecule has 0 bridgehead atoms. The third-order valence-corrected chi connectivity index (χ3v) is 5.13. The molecule has 3 aromatic rings. The number of nitrogens with two attached hydrogens (primary N) is 1. The lowest BCUT2D eigenvalue weighted by Gasteiger charge is -2.21. The van der Waals surface area contributed by atoms with E-state index in [9.17, 15) is 0 Å². The number of ether oxygens (including phenoxy) is 1. The molecule has 1 aliphatic carbocycles. The molecule has 128 valence electrons. The van der Waals surface area contributed by atoms with Gasteiger partial charge in [0.15, 0.2) is 0 Å². The van der Waals surface area contributed by atoms with Gasteiger partial charge in [-0.2, -0.15) is 0 Å². The number of hydrogen-bond acceptors (Lipinski definition) is 5.